The van der Waals surface area contributed by atoms with Crippen LogP contribution >= 0.6 is 11.3 Å². The molecule has 0 radical (unpaired) electrons. The van der Waals surface area contributed by atoms with Crippen molar-refractivity contribution < 1.29 is 19.4 Å². The third-order valence-electron chi connectivity index (χ3n) is 6.37. The summed E-state index contributed by atoms with van der Waals surface area (Å²) >= 11 is 1.39. The van der Waals surface area contributed by atoms with Gasteiger partial charge in [-0.3, -0.25) is 25.0 Å². The Hall–Kier alpha value is -4.42. The number of rotatable bonds is 11. The lowest BCUT2D eigenvalue weighted by Gasteiger charge is -2.19. The van der Waals surface area contributed by atoms with Crippen LogP contribution in [0.3, 0.4) is 0 Å². The first-order chi connectivity index (χ1) is 18.7. The molecule has 0 saturated heterocycles. The van der Waals surface area contributed by atoms with Crippen molar-refractivity contribution in [2.45, 2.75) is 20.5 Å². The first-order valence-corrected chi connectivity index (χ1v) is 13.1. The summed E-state index contributed by atoms with van der Waals surface area (Å²) < 4.78 is 6.84. The first kappa shape index (κ1) is 27.6. The first-order valence-electron chi connectivity index (χ1n) is 12.3. The van der Waals surface area contributed by atoms with Crippen molar-refractivity contribution in [1.29, 1.82) is 0 Å². The van der Waals surface area contributed by atoms with Gasteiger partial charge >= 0.3 is 5.97 Å². The molecule has 202 valence electrons. The van der Waals surface area contributed by atoms with Gasteiger partial charge in [0.1, 0.15) is 6.61 Å². The molecule has 3 aromatic carbocycles. The second-order valence-electron chi connectivity index (χ2n) is 8.69. The molecule has 39 heavy (non-hydrogen) atoms. The Morgan fingerprint density at radius 3 is 2.31 bits per heavy atom. The van der Waals surface area contributed by atoms with Crippen molar-refractivity contribution in [2.24, 2.45) is 0 Å². The highest BCUT2D eigenvalue weighted by atomic mass is 32.1. The average molecular weight is 551 g/mol. The van der Waals surface area contributed by atoms with E-state index in [2.05, 4.69) is 24.1 Å². The lowest BCUT2D eigenvalue weighted by molar-refractivity contribution is -0.394. The predicted molar refractivity (Wildman–Crippen MR) is 151 cm³/mol. The molecule has 0 saturated carbocycles. The number of likely N-dealkylation sites (N-methyl/N-ethyl adjacent to an activating group) is 1. The molecule has 12 heteroatoms. The minimum absolute atomic E-state index is 0.146. The van der Waals surface area contributed by atoms with Crippen LogP contribution in [0.5, 0.6) is 0 Å². The van der Waals surface area contributed by atoms with Crippen molar-refractivity contribution >= 4 is 54.5 Å². The summed E-state index contributed by atoms with van der Waals surface area (Å²) in [5, 5.41) is 26.8. The Balaban J connectivity index is 1.69. The van der Waals surface area contributed by atoms with Crippen molar-refractivity contribution in [3.05, 3.63) is 96.2 Å². The number of carbonyl (C=O) groups is 1. The van der Waals surface area contributed by atoms with Crippen molar-refractivity contribution in [3.8, 4) is 0 Å². The van der Waals surface area contributed by atoms with Crippen molar-refractivity contribution in [2.75, 3.05) is 31.5 Å². The van der Waals surface area contributed by atoms with E-state index in [-0.39, 0.29) is 17.6 Å². The van der Waals surface area contributed by atoms with Crippen molar-refractivity contribution in [1.82, 2.24) is 4.90 Å². The van der Waals surface area contributed by atoms with Crippen LogP contribution in [0.4, 0.5) is 17.1 Å². The van der Waals surface area contributed by atoms with Crippen LogP contribution in [0.15, 0.2) is 59.4 Å². The van der Waals surface area contributed by atoms with Gasteiger partial charge in [0.15, 0.2) is 5.43 Å². The van der Waals surface area contributed by atoms with Crippen LogP contribution in [0, 0.1) is 20.2 Å². The molecule has 1 N–H and O–H groups in total. The zero-order valence-corrected chi connectivity index (χ0v) is 22.2. The van der Waals surface area contributed by atoms with Gasteiger partial charge in [0.25, 0.3) is 11.4 Å². The van der Waals surface area contributed by atoms with E-state index in [0.717, 1.165) is 42.5 Å². The van der Waals surface area contributed by atoms with E-state index >= 15 is 0 Å². The summed E-state index contributed by atoms with van der Waals surface area (Å²) in [7, 11) is 0. The molecule has 0 aliphatic heterocycles. The molecule has 0 amide bonds. The number of carbonyl (C=O) groups excluding carboxylic acids is 1. The monoisotopic (exact) mass is 550 g/mol. The van der Waals surface area contributed by atoms with Gasteiger partial charge in [0, 0.05) is 51.3 Å². The van der Waals surface area contributed by atoms with E-state index in [9.17, 15) is 29.8 Å². The van der Waals surface area contributed by atoms with E-state index in [1.165, 1.54) is 11.3 Å². The molecular formula is C27H26N4O7S. The van der Waals surface area contributed by atoms with Crippen LogP contribution < -0.4 is 10.7 Å². The van der Waals surface area contributed by atoms with Gasteiger partial charge in [-0.2, -0.15) is 0 Å². The van der Waals surface area contributed by atoms with E-state index in [4.69, 9.17) is 4.74 Å². The molecule has 1 aromatic heterocycles. The normalized spacial score (nSPS) is 11.2. The molecule has 4 rings (SSSR count). The maximum Gasteiger partial charge on any atom is 0.338 e. The van der Waals surface area contributed by atoms with Gasteiger partial charge in [-0.15, -0.1) is 11.3 Å². The quantitative estimate of drug-likeness (QED) is 0.113. The number of hydrogen-bond donors (Lipinski definition) is 1. The van der Waals surface area contributed by atoms with Gasteiger partial charge in [-0.05, 0) is 31.3 Å². The molecule has 0 fully saturated rings. The number of fused-ring (bicyclic) bond motifs is 2. The van der Waals surface area contributed by atoms with Gasteiger partial charge in [0.05, 0.1) is 26.9 Å². The third-order valence-corrected chi connectivity index (χ3v) is 7.61. The van der Waals surface area contributed by atoms with Gasteiger partial charge in [0.2, 0.25) is 0 Å². The van der Waals surface area contributed by atoms with E-state index in [0.29, 0.717) is 33.3 Å². The van der Waals surface area contributed by atoms with Gasteiger partial charge in [-0.1, -0.05) is 32.0 Å². The number of ether oxygens (including phenoxy) is 1. The van der Waals surface area contributed by atoms with E-state index in [1.54, 1.807) is 24.3 Å². The summed E-state index contributed by atoms with van der Waals surface area (Å²) in [5.74, 6) is -0.954. The van der Waals surface area contributed by atoms with Crippen LogP contribution in [-0.4, -0.2) is 46.9 Å². The molecule has 0 bridgehead atoms. The second-order valence-corrected chi connectivity index (χ2v) is 9.74. The number of esters is 1. The van der Waals surface area contributed by atoms with E-state index < -0.39 is 27.2 Å². The van der Waals surface area contributed by atoms with Crippen LogP contribution in [0.25, 0.3) is 20.2 Å². The average Bonchev–Trinajstić information content (AvgIpc) is 2.94. The summed E-state index contributed by atoms with van der Waals surface area (Å²) in [4.78, 5) is 49.3. The Labute approximate surface area is 226 Å². The second kappa shape index (κ2) is 12.0. The Kier molecular flexibility index (Phi) is 8.47. The molecule has 11 nitrogen and oxygen atoms in total. The predicted octanol–water partition coefficient (Wildman–Crippen LogP) is 5.34. The molecule has 0 atom stereocenters. The number of hydrogen-bond acceptors (Lipinski definition) is 10. The fourth-order valence-corrected chi connectivity index (χ4v) is 5.46. The zero-order valence-electron chi connectivity index (χ0n) is 21.3. The molecule has 0 unspecified atom stereocenters. The third kappa shape index (κ3) is 6.02. The number of nitro benzene ring substituents is 2. The molecule has 4 aromatic rings. The Bertz CT molecular complexity index is 1600. The van der Waals surface area contributed by atoms with E-state index in [1.807, 2.05) is 12.1 Å². The maximum absolute atomic E-state index is 13.6. The van der Waals surface area contributed by atoms with Gasteiger partial charge in [-0.25, -0.2) is 4.79 Å². The molecule has 0 aliphatic rings. The Morgan fingerprint density at radius 1 is 1.00 bits per heavy atom. The van der Waals surface area contributed by atoms with Crippen LogP contribution in [-0.2, 0) is 11.3 Å². The highest BCUT2D eigenvalue weighted by molar-refractivity contribution is 7.24. The van der Waals surface area contributed by atoms with Gasteiger partial charge < -0.3 is 15.0 Å². The minimum atomic E-state index is -0.954. The highest BCUT2D eigenvalue weighted by Crippen LogP contribution is 2.33. The summed E-state index contributed by atoms with van der Waals surface area (Å²) in [6.45, 7) is 7.20. The molecule has 0 aliphatic carbocycles. The smallest absolute Gasteiger partial charge is 0.338 e. The Morgan fingerprint density at radius 2 is 1.67 bits per heavy atom. The summed E-state index contributed by atoms with van der Waals surface area (Å²) in [5.41, 5.74) is -0.396. The fraction of sp³-hybridized carbons (Fsp3) is 0.259. The number of nitro groups is 2. The zero-order chi connectivity index (χ0) is 28.1. The molecule has 1 heterocycles. The van der Waals surface area contributed by atoms with Crippen LogP contribution in [0.2, 0.25) is 0 Å². The number of nitrogens with zero attached hydrogens (tertiary/aromatic N) is 3. The number of non-ortho nitro benzene ring substituents is 2. The fourth-order valence-electron chi connectivity index (χ4n) is 4.26. The summed E-state index contributed by atoms with van der Waals surface area (Å²) in [6.07, 6.45) is 0. The lowest BCUT2D eigenvalue weighted by Crippen LogP contribution is -2.28. The number of anilines is 1. The molecular weight excluding hydrogens is 524 g/mol. The maximum atomic E-state index is 13.6. The van der Waals surface area contributed by atoms with Crippen LogP contribution in [0.1, 0.15) is 29.8 Å². The standard InChI is InChI=1S/C27H26N4O7S/c1-3-29(4-2)12-11-28-22-10-9-17(26-24(22)25(32)21-7-5-6-8-23(21)39-26)16-38-27(33)18-13-19(30(34)35)15-20(14-18)31(36)37/h5-10,13-15,28H,3-4,11-12,16H2,1-2H3. The van der Waals surface area contributed by atoms with Crippen molar-refractivity contribution in [3.63, 3.8) is 0 Å². The highest BCUT2D eigenvalue weighted by Gasteiger charge is 2.21. The SMILES string of the molecule is CCN(CC)CCNc1ccc(COC(=O)c2cc([N+](=O)[O-])cc([N+](=O)[O-])c2)c2sc3ccccc3c(=O)c12. The number of benzene rings is 3. The molecule has 0 spiro atoms. The lowest BCUT2D eigenvalue weighted by atomic mass is 10.1. The largest absolute Gasteiger partial charge is 0.457 e. The topological polar surface area (TPSA) is 145 Å². The number of nitrogens with one attached hydrogen (secondary N) is 1. The summed E-state index contributed by atoms with van der Waals surface area (Å²) in [6, 6.07) is 13.4. The minimum Gasteiger partial charge on any atom is -0.457 e.